The van der Waals surface area contributed by atoms with Crippen molar-refractivity contribution in [3.63, 3.8) is 0 Å². The largest absolute Gasteiger partial charge is 0.497 e. The molecular weight excluding hydrogens is 292 g/mol. The lowest BCUT2D eigenvalue weighted by atomic mass is 10.1. The zero-order valence-electron chi connectivity index (χ0n) is 13.9. The van der Waals surface area contributed by atoms with Gasteiger partial charge in [-0.15, -0.1) is 0 Å². The highest BCUT2D eigenvalue weighted by Gasteiger charge is 2.07. The molecule has 0 fully saturated rings. The van der Waals surface area contributed by atoms with Crippen molar-refractivity contribution < 1.29 is 9.26 Å². The molecule has 0 aliphatic heterocycles. The number of benzene rings is 1. The molecule has 0 saturated carbocycles. The molecule has 0 bridgehead atoms. The maximum absolute atomic E-state index is 5.88. The summed E-state index contributed by atoms with van der Waals surface area (Å²) in [6, 6.07) is 8.00. The normalized spacial score (nSPS) is 11.5. The average Bonchev–Trinajstić information content (AvgIpc) is 2.87. The lowest BCUT2D eigenvalue weighted by molar-refractivity contribution is 0.392. The van der Waals surface area contributed by atoms with Gasteiger partial charge in [-0.3, -0.25) is 4.99 Å². The van der Waals surface area contributed by atoms with Crippen LogP contribution in [0.15, 0.2) is 33.8 Å². The summed E-state index contributed by atoms with van der Waals surface area (Å²) >= 11 is 0. The summed E-state index contributed by atoms with van der Waals surface area (Å²) in [5.74, 6) is 2.18. The summed E-state index contributed by atoms with van der Waals surface area (Å²) in [4.78, 5) is 4.33. The SMILES string of the molecule is COc1ccc(CCNC(N)=NCCc2c(C)noc2C)cc1. The summed E-state index contributed by atoms with van der Waals surface area (Å²) in [6.07, 6.45) is 1.66. The Morgan fingerprint density at radius 2 is 2.00 bits per heavy atom. The molecule has 0 radical (unpaired) electrons. The fourth-order valence-electron chi connectivity index (χ4n) is 2.33. The van der Waals surface area contributed by atoms with Crippen molar-refractivity contribution in [1.29, 1.82) is 0 Å². The van der Waals surface area contributed by atoms with E-state index in [1.54, 1.807) is 7.11 Å². The Labute approximate surface area is 136 Å². The van der Waals surface area contributed by atoms with E-state index in [0.717, 1.165) is 42.2 Å². The fourth-order valence-corrected chi connectivity index (χ4v) is 2.33. The van der Waals surface area contributed by atoms with Crippen LogP contribution < -0.4 is 15.8 Å². The monoisotopic (exact) mass is 316 g/mol. The van der Waals surface area contributed by atoms with Crippen molar-refractivity contribution >= 4 is 5.96 Å². The molecule has 1 heterocycles. The predicted octanol–water partition coefficient (Wildman–Crippen LogP) is 1.99. The summed E-state index contributed by atoms with van der Waals surface area (Å²) in [5.41, 5.74) is 9.13. The lowest BCUT2D eigenvalue weighted by Gasteiger charge is -2.06. The molecule has 3 N–H and O–H groups in total. The standard InChI is InChI=1S/C17H24N4O2/c1-12-16(13(2)23-21-12)9-11-20-17(18)19-10-8-14-4-6-15(22-3)7-5-14/h4-7H,8-11H2,1-3H3,(H3,18,19,20). The van der Waals surface area contributed by atoms with E-state index in [1.807, 2.05) is 38.1 Å². The second kappa shape index (κ2) is 8.22. The fraction of sp³-hybridized carbons (Fsp3) is 0.412. The first-order valence-corrected chi connectivity index (χ1v) is 7.68. The van der Waals surface area contributed by atoms with Crippen LogP contribution in [-0.2, 0) is 12.8 Å². The number of aryl methyl sites for hydroxylation is 2. The molecule has 0 saturated heterocycles. The van der Waals surface area contributed by atoms with Crippen LogP contribution in [0.25, 0.3) is 0 Å². The molecule has 1 aromatic heterocycles. The number of ether oxygens (including phenoxy) is 1. The number of guanidine groups is 1. The number of nitrogens with one attached hydrogen (secondary N) is 1. The van der Waals surface area contributed by atoms with Crippen LogP contribution in [0.1, 0.15) is 22.6 Å². The van der Waals surface area contributed by atoms with Crippen LogP contribution in [0.4, 0.5) is 0 Å². The van der Waals surface area contributed by atoms with Gasteiger partial charge in [0.1, 0.15) is 11.5 Å². The van der Waals surface area contributed by atoms with Gasteiger partial charge in [-0.2, -0.15) is 0 Å². The molecule has 6 nitrogen and oxygen atoms in total. The maximum Gasteiger partial charge on any atom is 0.188 e. The highest BCUT2D eigenvalue weighted by atomic mass is 16.5. The number of nitrogens with zero attached hydrogens (tertiary/aromatic N) is 2. The van der Waals surface area contributed by atoms with Gasteiger partial charge >= 0.3 is 0 Å². The molecule has 0 aliphatic rings. The van der Waals surface area contributed by atoms with Crippen molar-refractivity contribution in [2.24, 2.45) is 10.7 Å². The van der Waals surface area contributed by atoms with Gasteiger partial charge in [0.25, 0.3) is 0 Å². The Kier molecular flexibility index (Phi) is 6.02. The minimum Gasteiger partial charge on any atom is -0.497 e. The van der Waals surface area contributed by atoms with Crippen LogP contribution in [0.5, 0.6) is 5.75 Å². The van der Waals surface area contributed by atoms with Crippen LogP contribution in [-0.4, -0.2) is 31.3 Å². The quantitative estimate of drug-likeness (QED) is 0.603. The van der Waals surface area contributed by atoms with Gasteiger partial charge in [-0.05, 0) is 44.4 Å². The molecule has 124 valence electrons. The third-order valence-electron chi connectivity index (χ3n) is 3.70. The van der Waals surface area contributed by atoms with Crippen molar-refractivity contribution in [3.8, 4) is 5.75 Å². The van der Waals surface area contributed by atoms with E-state index in [1.165, 1.54) is 5.56 Å². The topological polar surface area (TPSA) is 85.7 Å². The number of aromatic nitrogens is 1. The van der Waals surface area contributed by atoms with Crippen molar-refractivity contribution in [3.05, 3.63) is 46.8 Å². The smallest absolute Gasteiger partial charge is 0.188 e. The van der Waals surface area contributed by atoms with E-state index < -0.39 is 0 Å². The number of rotatable bonds is 7. The van der Waals surface area contributed by atoms with Gasteiger partial charge in [0.15, 0.2) is 5.96 Å². The van der Waals surface area contributed by atoms with Crippen LogP contribution >= 0.6 is 0 Å². The summed E-state index contributed by atoms with van der Waals surface area (Å²) in [6.45, 7) is 5.21. The van der Waals surface area contributed by atoms with Crippen LogP contribution in [0.2, 0.25) is 0 Å². The Morgan fingerprint density at radius 1 is 1.26 bits per heavy atom. The van der Waals surface area contributed by atoms with E-state index in [0.29, 0.717) is 12.5 Å². The first kappa shape index (κ1) is 16.9. The second-order valence-corrected chi connectivity index (χ2v) is 5.34. The van der Waals surface area contributed by atoms with Crippen LogP contribution in [0, 0.1) is 13.8 Å². The Hall–Kier alpha value is -2.50. The predicted molar refractivity (Wildman–Crippen MR) is 90.9 cm³/mol. The zero-order chi connectivity index (χ0) is 16.7. The molecule has 6 heteroatoms. The molecule has 0 atom stereocenters. The van der Waals surface area contributed by atoms with Crippen molar-refractivity contribution in [2.75, 3.05) is 20.2 Å². The molecule has 0 aliphatic carbocycles. The molecule has 0 unspecified atom stereocenters. The summed E-state index contributed by atoms with van der Waals surface area (Å²) in [7, 11) is 1.66. The molecule has 1 aromatic carbocycles. The number of hydrogen-bond donors (Lipinski definition) is 2. The Bertz CT molecular complexity index is 628. The molecule has 0 spiro atoms. The van der Waals surface area contributed by atoms with Gasteiger partial charge in [0, 0.05) is 18.7 Å². The average molecular weight is 316 g/mol. The first-order valence-electron chi connectivity index (χ1n) is 7.68. The van der Waals surface area contributed by atoms with Gasteiger partial charge in [0.2, 0.25) is 0 Å². The van der Waals surface area contributed by atoms with Crippen LogP contribution in [0.3, 0.4) is 0 Å². The van der Waals surface area contributed by atoms with Gasteiger partial charge < -0.3 is 20.3 Å². The minimum atomic E-state index is 0.463. The number of nitrogens with two attached hydrogens (primary N) is 1. The van der Waals surface area contributed by atoms with E-state index in [-0.39, 0.29) is 0 Å². The zero-order valence-corrected chi connectivity index (χ0v) is 13.9. The lowest BCUT2D eigenvalue weighted by Crippen LogP contribution is -2.33. The van der Waals surface area contributed by atoms with Crippen molar-refractivity contribution in [2.45, 2.75) is 26.7 Å². The third kappa shape index (κ3) is 5.02. The van der Waals surface area contributed by atoms with Gasteiger partial charge in [0.05, 0.1) is 12.8 Å². The molecule has 23 heavy (non-hydrogen) atoms. The minimum absolute atomic E-state index is 0.463. The van der Waals surface area contributed by atoms with E-state index in [9.17, 15) is 0 Å². The molecule has 2 aromatic rings. The molecule has 0 amide bonds. The van der Waals surface area contributed by atoms with Gasteiger partial charge in [-0.1, -0.05) is 17.3 Å². The van der Waals surface area contributed by atoms with E-state index in [2.05, 4.69) is 15.5 Å². The summed E-state index contributed by atoms with van der Waals surface area (Å²) in [5, 5.41) is 7.06. The third-order valence-corrected chi connectivity index (χ3v) is 3.70. The Morgan fingerprint density at radius 3 is 2.61 bits per heavy atom. The first-order chi connectivity index (χ1) is 11.1. The van der Waals surface area contributed by atoms with Crippen molar-refractivity contribution in [1.82, 2.24) is 10.5 Å². The van der Waals surface area contributed by atoms with Gasteiger partial charge in [-0.25, -0.2) is 0 Å². The second-order valence-electron chi connectivity index (χ2n) is 5.34. The number of hydrogen-bond acceptors (Lipinski definition) is 4. The van der Waals surface area contributed by atoms with E-state index >= 15 is 0 Å². The Balaban J connectivity index is 1.72. The molecular formula is C17H24N4O2. The molecule has 2 rings (SSSR count). The highest BCUT2D eigenvalue weighted by Crippen LogP contribution is 2.13. The highest BCUT2D eigenvalue weighted by molar-refractivity contribution is 5.77. The summed E-state index contributed by atoms with van der Waals surface area (Å²) < 4.78 is 10.3. The number of methoxy groups -OCH3 is 1. The van der Waals surface area contributed by atoms with E-state index in [4.69, 9.17) is 15.0 Å². The number of aliphatic imine (C=N–C) groups is 1. The maximum atomic E-state index is 5.88.